The largest absolute Gasteiger partial charge is 0.378 e. The zero-order valence-corrected chi connectivity index (χ0v) is 12.0. The summed E-state index contributed by atoms with van der Waals surface area (Å²) in [6.07, 6.45) is 1.88. The third-order valence-corrected chi connectivity index (χ3v) is 4.26. The fraction of sp³-hybridized carbons (Fsp3) is 0.286. The van der Waals surface area contributed by atoms with Gasteiger partial charge in [-0.15, -0.1) is 11.3 Å². The monoisotopic (exact) mass is 288 g/mol. The van der Waals surface area contributed by atoms with Crippen LogP contribution < -0.4 is 15.5 Å². The molecule has 2 amide bonds. The molecule has 2 heterocycles. The molecular weight excluding hydrogens is 272 g/mol. The van der Waals surface area contributed by atoms with E-state index in [1.807, 2.05) is 36.0 Å². The maximum Gasteiger partial charge on any atom is 0.321 e. The average Bonchev–Trinajstić information content (AvgIpc) is 3.11. The number of amides is 2. The number of aromatic nitrogens is 1. The van der Waals surface area contributed by atoms with E-state index in [1.54, 1.807) is 16.2 Å². The van der Waals surface area contributed by atoms with Crippen LogP contribution in [0.4, 0.5) is 16.2 Å². The van der Waals surface area contributed by atoms with Crippen LogP contribution in [0, 0.1) is 0 Å². The van der Waals surface area contributed by atoms with Crippen molar-refractivity contribution in [2.75, 3.05) is 23.3 Å². The molecule has 1 fully saturated rings. The SMILES string of the molecule is CC(Nc1ccc(N2CCNC2=O)cc1)c1cncs1. The van der Waals surface area contributed by atoms with Crippen molar-refractivity contribution in [3.63, 3.8) is 0 Å². The number of nitrogens with zero attached hydrogens (tertiary/aromatic N) is 2. The minimum atomic E-state index is -0.0243. The van der Waals surface area contributed by atoms with Gasteiger partial charge in [0.15, 0.2) is 0 Å². The van der Waals surface area contributed by atoms with Gasteiger partial charge < -0.3 is 10.6 Å². The number of anilines is 2. The molecule has 0 radical (unpaired) electrons. The number of urea groups is 1. The lowest BCUT2D eigenvalue weighted by Gasteiger charge is -2.17. The third-order valence-electron chi connectivity index (χ3n) is 3.30. The van der Waals surface area contributed by atoms with Gasteiger partial charge in [0.05, 0.1) is 11.6 Å². The predicted molar refractivity (Wildman–Crippen MR) is 81.3 cm³/mol. The van der Waals surface area contributed by atoms with Crippen LogP contribution in [0.1, 0.15) is 17.8 Å². The second kappa shape index (κ2) is 5.50. The van der Waals surface area contributed by atoms with Gasteiger partial charge in [0.1, 0.15) is 0 Å². The van der Waals surface area contributed by atoms with Crippen molar-refractivity contribution >= 4 is 28.7 Å². The lowest BCUT2D eigenvalue weighted by Crippen LogP contribution is -2.27. The first kappa shape index (κ1) is 12.9. The lowest BCUT2D eigenvalue weighted by atomic mass is 10.2. The van der Waals surface area contributed by atoms with Gasteiger partial charge in [-0.3, -0.25) is 9.88 Å². The van der Waals surface area contributed by atoms with E-state index >= 15 is 0 Å². The quantitative estimate of drug-likeness (QED) is 0.909. The second-order valence-electron chi connectivity index (χ2n) is 4.70. The number of thiazole rings is 1. The van der Waals surface area contributed by atoms with E-state index in [9.17, 15) is 4.79 Å². The highest BCUT2D eigenvalue weighted by molar-refractivity contribution is 7.09. The number of carbonyl (C=O) groups excluding carboxylic acids is 1. The maximum absolute atomic E-state index is 11.6. The Morgan fingerprint density at radius 3 is 2.80 bits per heavy atom. The molecule has 1 aliphatic rings. The van der Waals surface area contributed by atoms with E-state index < -0.39 is 0 Å². The van der Waals surface area contributed by atoms with Crippen LogP contribution in [-0.4, -0.2) is 24.1 Å². The summed E-state index contributed by atoms with van der Waals surface area (Å²) >= 11 is 1.64. The molecule has 0 saturated carbocycles. The molecule has 20 heavy (non-hydrogen) atoms. The van der Waals surface area contributed by atoms with Crippen molar-refractivity contribution in [1.82, 2.24) is 10.3 Å². The summed E-state index contributed by atoms with van der Waals surface area (Å²) in [6.45, 7) is 3.54. The molecule has 0 spiro atoms. The smallest absolute Gasteiger partial charge is 0.321 e. The number of rotatable bonds is 4. The topological polar surface area (TPSA) is 57.3 Å². The highest BCUT2D eigenvalue weighted by Crippen LogP contribution is 2.24. The summed E-state index contributed by atoms with van der Waals surface area (Å²) in [5.74, 6) is 0. The highest BCUT2D eigenvalue weighted by atomic mass is 32.1. The Morgan fingerprint density at radius 2 is 2.20 bits per heavy atom. The Balaban J connectivity index is 1.68. The number of hydrogen-bond acceptors (Lipinski definition) is 4. The first-order chi connectivity index (χ1) is 9.74. The van der Waals surface area contributed by atoms with Crippen LogP contribution in [0.25, 0.3) is 0 Å². The minimum Gasteiger partial charge on any atom is -0.378 e. The molecule has 5 nitrogen and oxygen atoms in total. The van der Waals surface area contributed by atoms with Gasteiger partial charge >= 0.3 is 6.03 Å². The van der Waals surface area contributed by atoms with E-state index in [2.05, 4.69) is 22.5 Å². The molecule has 3 rings (SSSR count). The number of benzene rings is 1. The van der Waals surface area contributed by atoms with Crippen molar-refractivity contribution in [2.45, 2.75) is 13.0 Å². The van der Waals surface area contributed by atoms with Gasteiger partial charge in [0, 0.05) is 35.5 Å². The van der Waals surface area contributed by atoms with Gasteiger partial charge in [-0.1, -0.05) is 0 Å². The zero-order chi connectivity index (χ0) is 13.9. The van der Waals surface area contributed by atoms with Crippen LogP contribution in [0.15, 0.2) is 36.0 Å². The van der Waals surface area contributed by atoms with Crippen LogP contribution in [0.3, 0.4) is 0 Å². The Morgan fingerprint density at radius 1 is 1.40 bits per heavy atom. The molecule has 1 atom stereocenters. The van der Waals surface area contributed by atoms with Crippen molar-refractivity contribution in [2.24, 2.45) is 0 Å². The summed E-state index contributed by atoms with van der Waals surface area (Å²) in [5.41, 5.74) is 3.80. The van der Waals surface area contributed by atoms with Crippen molar-refractivity contribution in [3.8, 4) is 0 Å². The first-order valence-electron chi connectivity index (χ1n) is 6.54. The van der Waals surface area contributed by atoms with E-state index in [-0.39, 0.29) is 12.1 Å². The Kier molecular flexibility index (Phi) is 3.56. The van der Waals surface area contributed by atoms with E-state index in [0.717, 1.165) is 17.9 Å². The van der Waals surface area contributed by atoms with Crippen LogP contribution in [-0.2, 0) is 0 Å². The molecule has 6 heteroatoms. The fourth-order valence-corrected chi connectivity index (χ4v) is 2.84. The van der Waals surface area contributed by atoms with Gasteiger partial charge in [0.2, 0.25) is 0 Å². The standard InChI is InChI=1S/C14H16N4OS/c1-10(13-8-15-9-20-13)17-11-2-4-12(5-3-11)18-7-6-16-14(18)19/h2-5,8-10,17H,6-7H2,1H3,(H,16,19). The number of carbonyl (C=O) groups is 1. The van der Waals surface area contributed by atoms with Crippen molar-refractivity contribution < 1.29 is 4.79 Å². The molecular formula is C14H16N4OS. The van der Waals surface area contributed by atoms with Gasteiger partial charge in [-0.2, -0.15) is 0 Å². The van der Waals surface area contributed by atoms with Crippen LogP contribution in [0.2, 0.25) is 0 Å². The average molecular weight is 288 g/mol. The third kappa shape index (κ3) is 2.60. The Bertz CT molecular complexity index is 582. The number of hydrogen-bond donors (Lipinski definition) is 2. The summed E-state index contributed by atoms with van der Waals surface area (Å²) < 4.78 is 0. The molecule has 1 aliphatic heterocycles. The van der Waals surface area contributed by atoms with E-state index in [0.29, 0.717) is 6.54 Å². The summed E-state index contributed by atoms with van der Waals surface area (Å²) in [7, 11) is 0. The summed E-state index contributed by atoms with van der Waals surface area (Å²) in [6, 6.07) is 8.13. The van der Waals surface area contributed by atoms with Crippen molar-refractivity contribution in [1.29, 1.82) is 0 Å². The number of nitrogens with one attached hydrogen (secondary N) is 2. The molecule has 1 unspecified atom stereocenters. The molecule has 2 N–H and O–H groups in total. The second-order valence-corrected chi connectivity index (χ2v) is 5.62. The molecule has 2 aromatic rings. The first-order valence-corrected chi connectivity index (χ1v) is 7.42. The molecule has 1 aromatic carbocycles. The molecule has 0 aliphatic carbocycles. The fourth-order valence-electron chi connectivity index (χ4n) is 2.22. The normalized spacial score (nSPS) is 16.1. The highest BCUT2D eigenvalue weighted by Gasteiger charge is 2.20. The Labute approximate surface area is 121 Å². The molecule has 0 bridgehead atoms. The van der Waals surface area contributed by atoms with Crippen LogP contribution in [0.5, 0.6) is 0 Å². The Hall–Kier alpha value is -2.08. The summed E-state index contributed by atoms with van der Waals surface area (Å²) in [4.78, 5) is 18.6. The van der Waals surface area contributed by atoms with Gasteiger partial charge in [-0.05, 0) is 31.2 Å². The van der Waals surface area contributed by atoms with Gasteiger partial charge in [-0.25, -0.2) is 4.79 Å². The molecule has 1 aromatic heterocycles. The maximum atomic E-state index is 11.6. The zero-order valence-electron chi connectivity index (χ0n) is 11.2. The van der Waals surface area contributed by atoms with Crippen molar-refractivity contribution in [3.05, 3.63) is 40.8 Å². The lowest BCUT2D eigenvalue weighted by molar-refractivity contribution is 0.252. The molecule has 104 valence electrons. The van der Waals surface area contributed by atoms with E-state index in [1.165, 1.54) is 4.88 Å². The molecule has 1 saturated heterocycles. The predicted octanol–water partition coefficient (Wildman–Crippen LogP) is 2.85. The van der Waals surface area contributed by atoms with E-state index in [4.69, 9.17) is 0 Å². The van der Waals surface area contributed by atoms with Crippen LogP contribution >= 0.6 is 11.3 Å². The van der Waals surface area contributed by atoms with Gasteiger partial charge in [0.25, 0.3) is 0 Å². The minimum absolute atomic E-state index is 0.0243. The summed E-state index contributed by atoms with van der Waals surface area (Å²) in [5, 5.41) is 6.22.